The van der Waals surface area contributed by atoms with Crippen molar-refractivity contribution >= 4 is 6.03 Å². The number of para-hydroxylation sites is 1. The van der Waals surface area contributed by atoms with Gasteiger partial charge in [-0.25, -0.2) is 4.79 Å². The zero-order chi connectivity index (χ0) is 17.2. The predicted molar refractivity (Wildman–Crippen MR) is 94.4 cm³/mol. The molecule has 1 atom stereocenters. The van der Waals surface area contributed by atoms with Gasteiger partial charge in [0.2, 0.25) is 0 Å². The minimum absolute atomic E-state index is 0.148. The van der Waals surface area contributed by atoms with Crippen LogP contribution in [-0.4, -0.2) is 63.0 Å². The molecule has 0 aliphatic carbocycles. The summed E-state index contributed by atoms with van der Waals surface area (Å²) in [4.78, 5) is 14.3. The number of nitrogens with one attached hydrogen (secondary N) is 2. The second kappa shape index (κ2) is 10.2. The monoisotopic (exact) mass is 335 g/mol. The Morgan fingerprint density at radius 2 is 1.92 bits per heavy atom. The van der Waals surface area contributed by atoms with E-state index in [-0.39, 0.29) is 6.03 Å². The van der Waals surface area contributed by atoms with E-state index in [0.717, 1.165) is 32.1 Å². The molecular formula is C18H29N3O3. The van der Waals surface area contributed by atoms with E-state index >= 15 is 0 Å². The van der Waals surface area contributed by atoms with Gasteiger partial charge in [-0.15, -0.1) is 0 Å². The molecule has 0 spiro atoms. The number of hydrogen-bond donors (Lipinski definition) is 2. The minimum Gasteiger partial charge on any atom is -0.492 e. The highest BCUT2D eigenvalue weighted by Crippen LogP contribution is 2.12. The lowest BCUT2D eigenvalue weighted by atomic mass is 10.0. The van der Waals surface area contributed by atoms with Crippen molar-refractivity contribution in [3.8, 4) is 5.75 Å². The van der Waals surface area contributed by atoms with Crippen LogP contribution in [-0.2, 0) is 4.74 Å². The fourth-order valence-electron chi connectivity index (χ4n) is 2.81. The molecule has 1 heterocycles. The SMILES string of the molecule is CC(C)C(CNC(=O)NCCOc1ccccc1)N1CCOCC1. The van der Waals surface area contributed by atoms with Gasteiger partial charge in [0.1, 0.15) is 12.4 Å². The molecule has 2 amide bonds. The van der Waals surface area contributed by atoms with Gasteiger partial charge in [0, 0.05) is 25.7 Å². The molecule has 24 heavy (non-hydrogen) atoms. The maximum atomic E-state index is 11.9. The molecule has 1 aromatic carbocycles. The molecule has 2 N–H and O–H groups in total. The van der Waals surface area contributed by atoms with Crippen molar-refractivity contribution in [2.45, 2.75) is 19.9 Å². The Morgan fingerprint density at radius 3 is 2.58 bits per heavy atom. The molecule has 1 aliphatic rings. The molecule has 0 aromatic heterocycles. The molecule has 1 fully saturated rings. The number of hydrogen-bond acceptors (Lipinski definition) is 4. The second-order valence-electron chi connectivity index (χ2n) is 6.26. The number of amides is 2. The highest BCUT2D eigenvalue weighted by Gasteiger charge is 2.24. The highest BCUT2D eigenvalue weighted by molar-refractivity contribution is 5.73. The van der Waals surface area contributed by atoms with E-state index in [1.54, 1.807) is 0 Å². The van der Waals surface area contributed by atoms with Crippen LogP contribution in [0, 0.1) is 5.92 Å². The molecule has 0 radical (unpaired) electrons. The highest BCUT2D eigenvalue weighted by atomic mass is 16.5. The second-order valence-corrected chi connectivity index (χ2v) is 6.26. The summed E-state index contributed by atoms with van der Waals surface area (Å²) in [5, 5.41) is 5.80. The van der Waals surface area contributed by atoms with E-state index in [9.17, 15) is 4.79 Å². The van der Waals surface area contributed by atoms with Gasteiger partial charge in [0.15, 0.2) is 0 Å². The predicted octanol–water partition coefficient (Wildman–Crippen LogP) is 1.72. The molecule has 1 aromatic rings. The third-order valence-electron chi connectivity index (χ3n) is 4.16. The maximum Gasteiger partial charge on any atom is 0.314 e. The molecular weight excluding hydrogens is 306 g/mol. The van der Waals surface area contributed by atoms with Crippen molar-refractivity contribution in [1.82, 2.24) is 15.5 Å². The van der Waals surface area contributed by atoms with Gasteiger partial charge in [0.25, 0.3) is 0 Å². The molecule has 6 nitrogen and oxygen atoms in total. The number of morpholine rings is 1. The Hall–Kier alpha value is -1.79. The van der Waals surface area contributed by atoms with Crippen molar-refractivity contribution in [2.75, 3.05) is 46.0 Å². The zero-order valence-corrected chi connectivity index (χ0v) is 14.7. The van der Waals surface area contributed by atoms with E-state index in [1.165, 1.54) is 0 Å². The largest absolute Gasteiger partial charge is 0.492 e. The lowest BCUT2D eigenvalue weighted by molar-refractivity contribution is 0.00719. The summed E-state index contributed by atoms with van der Waals surface area (Å²) in [6, 6.07) is 9.77. The quantitative estimate of drug-likeness (QED) is 0.710. The van der Waals surface area contributed by atoms with Crippen molar-refractivity contribution < 1.29 is 14.3 Å². The number of carbonyl (C=O) groups is 1. The first-order valence-electron chi connectivity index (χ1n) is 8.68. The first kappa shape index (κ1) is 18.5. The van der Waals surface area contributed by atoms with Crippen LogP contribution in [0.2, 0.25) is 0 Å². The molecule has 1 unspecified atom stereocenters. The Labute approximate surface area is 144 Å². The Bertz CT molecular complexity index is 476. The number of ether oxygens (including phenoxy) is 2. The van der Waals surface area contributed by atoms with Gasteiger partial charge in [0.05, 0.1) is 19.8 Å². The summed E-state index contributed by atoms with van der Waals surface area (Å²) in [6.45, 7) is 9.34. The van der Waals surface area contributed by atoms with E-state index in [0.29, 0.717) is 31.7 Å². The number of nitrogens with zero attached hydrogens (tertiary/aromatic N) is 1. The Morgan fingerprint density at radius 1 is 1.21 bits per heavy atom. The Balaban J connectivity index is 1.63. The Kier molecular flexibility index (Phi) is 7.85. The van der Waals surface area contributed by atoms with Crippen molar-refractivity contribution in [2.24, 2.45) is 5.92 Å². The van der Waals surface area contributed by atoms with Crippen molar-refractivity contribution in [1.29, 1.82) is 0 Å². The fourth-order valence-corrected chi connectivity index (χ4v) is 2.81. The van der Waals surface area contributed by atoms with Gasteiger partial charge in [-0.1, -0.05) is 32.0 Å². The number of carbonyl (C=O) groups excluding carboxylic acids is 1. The third kappa shape index (κ3) is 6.37. The molecule has 134 valence electrons. The van der Waals surface area contributed by atoms with Crippen LogP contribution in [0.15, 0.2) is 30.3 Å². The van der Waals surface area contributed by atoms with Crippen LogP contribution in [0.4, 0.5) is 4.79 Å². The average molecular weight is 335 g/mol. The fraction of sp³-hybridized carbons (Fsp3) is 0.611. The maximum absolute atomic E-state index is 11.9. The summed E-state index contributed by atoms with van der Waals surface area (Å²) < 4.78 is 11.0. The smallest absolute Gasteiger partial charge is 0.314 e. The van der Waals surface area contributed by atoms with Gasteiger partial charge >= 0.3 is 6.03 Å². The molecule has 0 saturated carbocycles. The molecule has 1 saturated heterocycles. The van der Waals surface area contributed by atoms with Crippen LogP contribution >= 0.6 is 0 Å². The van der Waals surface area contributed by atoms with Gasteiger partial charge < -0.3 is 20.1 Å². The van der Waals surface area contributed by atoms with Crippen LogP contribution in [0.5, 0.6) is 5.75 Å². The van der Waals surface area contributed by atoms with E-state index in [1.807, 2.05) is 30.3 Å². The van der Waals surface area contributed by atoms with Crippen molar-refractivity contribution in [3.63, 3.8) is 0 Å². The van der Waals surface area contributed by atoms with Crippen LogP contribution in [0.3, 0.4) is 0 Å². The first-order chi connectivity index (χ1) is 11.7. The zero-order valence-electron chi connectivity index (χ0n) is 14.7. The van der Waals surface area contributed by atoms with E-state index in [2.05, 4.69) is 29.4 Å². The number of urea groups is 1. The molecule has 2 rings (SSSR count). The lowest BCUT2D eigenvalue weighted by Gasteiger charge is -2.36. The third-order valence-corrected chi connectivity index (χ3v) is 4.16. The average Bonchev–Trinajstić information content (AvgIpc) is 2.60. The minimum atomic E-state index is -0.148. The first-order valence-corrected chi connectivity index (χ1v) is 8.68. The van der Waals surface area contributed by atoms with Crippen LogP contribution in [0.25, 0.3) is 0 Å². The van der Waals surface area contributed by atoms with Gasteiger partial charge in [-0.3, -0.25) is 4.90 Å². The molecule has 1 aliphatic heterocycles. The summed E-state index contributed by atoms with van der Waals surface area (Å²) in [5.74, 6) is 1.29. The number of benzene rings is 1. The van der Waals surface area contributed by atoms with E-state index in [4.69, 9.17) is 9.47 Å². The summed E-state index contributed by atoms with van der Waals surface area (Å²) >= 11 is 0. The van der Waals surface area contributed by atoms with Crippen LogP contribution in [0.1, 0.15) is 13.8 Å². The summed E-state index contributed by atoms with van der Waals surface area (Å²) in [5.41, 5.74) is 0. The molecule has 6 heteroatoms. The van der Waals surface area contributed by atoms with Gasteiger partial charge in [-0.05, 0) is 18.1 Å². The number of rotatable bonds is 8. The summed E-state index contributed by atoms with van der Waals surface area (Å²) in [7, 11) is 0. The topological polar surface area (TPSA) is 62.8 Å². The lowest BCUT2D eigenvalue weighted by Crippen LogP contribution is -2.52. The van der Waals surface area contributed by atoms with E-state index < -0.39 is 0 Å². The van der Waals surface area contributed by atoms with Crippen molar-refractivity contribution in [3.05, 3.63) is 30.3 Å². The van der Waals surface area contributed by atoms with Crippen LogP contribution < -0.4 is 15.4 Å². The molecule has 0 bridgehead atoms. The standard InChI is InChI=1S/C18H29N3O3/c1-15(2)17(21-9-12-23-13-10-21)14-20-18(22)19-8-11-24-16-6-4-3-5-7-16/h3-7,15,17H,8-14H2,1-2H3,(H2,19,20,22). The normalized spacial score (nSPS) is 16.6. The summed E-state index contributed by atoms with van der Waals surface area (Å²) in [6.07, 6.45) is 0. The van der Waals surface area contributed by atoms with Gasteiger partial charge in [-0.2, -0.15) is 0 Å².